The smallest absolute Gasteiger partial charge is 0.163 e. The summed E-state index contributed by atoms with van der Waals surface area (Å²) in [6.07, 6.45) is 8.43. The molecule has 0 fully saturated rings. The van der Waals surface area contributed by atoms with E-state index >= 15 is 0 Å². The van der Waals surface area contributed by atoms with Crippen LogP contribution in [-0.4, -0.2) is 53.8 Å². The molecular formula is C23H30O7. The van der Waals surface area contributed by atoms with Crippen molar-refractivity contribution in [2.45, 2.75) is 32.3 Å². The van der Waals surface area contributed by atoms with E-state index in [1.165, 1.54) is 32.4 Å². The highest BCUT2D eigenvalue weighted by molar-refractivity contribution is 6.09. The molecule has 0 aliphatic heterocycles. The number of ketones is 2. The number of ether oxygens (including phenoxy) is 2. The third kappa shape index (κ3) is 8.63. The van der Waals surface area contributed by atoms with Crippen LogP contribution in [0.2, 0.25) is 0 Å². The second kappa shape index (κ2) is 13.3. The molecule has 1 aliphatic rings. The minimum Gasteiger partial charge on any atom is -0.510 e. The summed E-state index contributed by atoms with van der Waals surface area (Å²) in [5.41, 5.74) is 0.681. The first-order valence-electron chi connectivity index (χ1n) is 9.66. The van der Waals surface area contributed by atoms with E-state index in [0.717, 1.165) is 0 Å². The van der Waals surface area contributed by atoms with Crippen molar-refractivity contribution in [3.63, 3.8) is 0 Å². The Morgan fingerprint density at radius 3 is 2.47 bits per heavy atom. The molecule has 0 aromatic heterocycles. The standard InChI is InChI=1S/C21H24O6.C2H6O/c1-26-20-11-14(5-9-18(20)24)3-7-16(22)13-17(23)8-4-15-6-10-19(25)21(12-15)27-2;1-2-3/h3-5,7-11,15,21,24-25H,6,12-13H2,1-2H3;3H,2H2,1H3/b7-3+,8-4+;. The summed E-state index contributed by atoms with van der Waals surface area (Å²) in [4.78, 5) is 23.9. The molecule has 0 bridgehead atoms. The summed E-state index contributed by atoms with van der Waals surface area (Å²) in [7, 11) is 2.97. The summed E-state index contributed by atoms with van der Waals surface area (Å²) in [6, 6.07) is 4.71. The number of phenols is 1. The molecule has 1 aromatic carbocycles. The highest BCUT2D eigenvalue weighted by Crippen LogP contribution is 2.27. The number of benzene rings is 1. The van der Waals surface area contributed by atoms with Crippen molar-refractivity contribution in [2.75, 3.05) is 20.8 Å². The van der Waals surface area contributed by atoms with Gasteiger partial charge in [-0.1, -0.05) is 18.2 Å². The quantitative estimate of drug-likeness (QED) is 0.438. The van der Waals surface area contributed by atoms with Gasteiger partial charge in [-0.3, -0.25) is 9.59 Å². The SMILES string of the molecule is CCO.COc1cc(/C=C/C(=O)CC(=O)/C=C/C2CC=C(O)C(OC)C2)ccc1O. The van der Waals surface area contributed by atoms with E-state index in [4.69, 9.17) is 14.6 Å². The molecule has 0 amide bonds. The summed E-state index contributed by atoms with van der Waals surface area (Å²) in [5.74, 6) is 0.0475. The number of hydrogen-bond donors (Lipinski definition) is 3. The maximum atomic E-state index is 12.0. The van der Waals surface area contributed by atoms with E-state index in [0.29, 0.717) is 24.2 Å². The van der Waals surface area contributed by atoms with Gasteiger partial charge in [0.2, 0.25) is 0 Å². The van der Waals surface area contributed by atoms with Gasteiger partial charge in [0, 0.05) is 13.7 Å². The van der Waals surface area contributed by atoms with Crippen molar-refractivity contribution >= 4 is 17.6 Å². The lowest BCUT2D eigenvalue weighted by molar-refractivity contribution is -0.121. The Morgan fingerprint density at radius 1 is 1.17 bits per heavy atom. The third-order valence-corrected chi connectivity index (χ3v) is 4.33. The minimum absolute atomic E-state index is 0.0166. The number of aromatic hydroxyl groups is 1. The molecule has 7 heteroatoms. The van der Waals surface area contributed by atoms with Crippen LogP contribution in [0.1, 0.15) is 31.7 Å². The minimum atomic E-state index is -0.352. The van der Waals surface area contributed by atoms with Gasteiger partial charge in [-0.25, -0.2) is 0 Å². The second-order valence-electron chi connectivity index (χ2n) is 6.63. The Hall–Kier alpha value is -2.90. The molecule has 0 saturated heterocycles. The number of carbonyl (C=O) groups is 2. The third-order valence-electron chi connectivity index (χ3n) is 4.33. The van der Waals surface area contributed by atoms with Crippen LogP contribution >= 0.6 is 0 Å². The predicted octanol–water partition coefficient (Wildman–Crippen LogP) is 3.36. The van der Waals surface area contributed by atoms with Gasteiger partial charge in [0.1, 0.15) is 11.9 Å². The van der Waals surface area contributed by atoms with Crippen LogP contribution in [0.3, 0.4) is 0 Å². The van der Waals surface area contributed by atoms with Gasteiger partial charge in [0.05, 0.1) is 13.5 Å². The number of carbonyl (C=O) groups excluding carboxylic acids is 2. The molecule has 1 aliphatic carbocycles. The summed E-state index contributed by atoms with van der Waals surface area (Å²) < 4.78 is 10.2. The Kier molecular flexibility index (Phi) is 11.2. The maximum absolute atomic E-state index is 12.0. The zero-order valence-corrected chi connectivity index (χ0v) is 17.6. The van der Waals surface area contributed by atoms with Gasteiger partial charge in [-0.05, 0) is 61.6 Å². The molecule has 3 N–H and O–H groups in total. The number of phenolic OH excluding ortho intramolecular Hbond substituents is 1. The average molecular weight is 418 g/mol. The topological polar surface area (TPSA) is 113 Å². The molecule has 0 radical (unpaired) electrons. The zero-order chi connectivity index (χ0) is 22.5. The molecule has 2 atom stereocenters. The van der Waals surface area contributed by atoms with Crippen LogP contribution in [0.25, 0.3) is 6.08 Å². The van der Waals surface area contributed by atoms with E-state index in [9.17, 15) is 19.8 Å². The lowest BCUT2D eigenvalue weighted by Crippen LogP contribution is -2.21. The van der Waals surface area contributed by atoms with E-state index < -0.39 is 0 Å². The monoisotopic (exact) mass is 418 g/mol. The van der Waals surface area contributed by atoms with Gasteiger partial charge in [0.25, 0.3) is 0 Å². The van der Waals surface area contributed by atoms with Crippen LogP contribution < -0.4 is 4.74 Å². The Balaban J connectivity index is 0.00000141. The average Bonchev–Trinajstić information content (AvgIpc) is 2.73. The molecule has 2 rings (SSSR count). The van der Waals surface area contributed by atoms with Crippen molar-refractivity contribution < 1.29 is 34.4 Å². The van der Waals surface area contributed by atoms with Crippen LogP contribution in [0.5, 0.6) is 11.5 Å². The second-order valence-corrected chi connectivity index (χ2v) is 6.63. The first-order chi connectivity index (χ1) is 14.3. The van der Waals surface area contributed by atoms with E-state index in [1.54, 1.807) is 37.3 Å². The lowest BCUT2D eigenvalue weighted by atomic mass is 9.90. The van der Waals surface area contributed by atoms with Gasteiger partial charge >= 0.3 is 0 Å². The van der Waals surface area contributed by atoms with Crippen molar-refractivity contribution in [1.29, 1.82) is 0 Å². The Labute approximate surface area is 176 Å². The van der Waals surface area contributed by atoms with Crippen molar-refractivity contribution in [1.82, 2.24) is 0 Å². The van der Waals surface area contributed by atoms with Crippen molar-refractivity contribution in [3.8, 4) is 11.5 Å². The van der Waals surface area contributed by atoms with Crippen molar-refractivity contribution in [2.24, 2.45) is 5.92 Å². The van der Waals surface area contributed by atoms with Crippen LogP contribution in [0.15, 0.2) is 48.3 Å². The predicted molar refractivity (Wildman–Crippen MR) is 114 cm³/mol. The molecule has 0 heterocycles. The molecule has 1 aromatic rings. The zero-order valence-electron chi connectivity index (χ0n) is 17.6. The summed E-state index contributed by atoms with van der Waals surface area (Å²) >= 11 is 0. The highest BCUT2D eigenvalue weighted by atomic mass is 16.5. The number of rotatable bonds is 8. The highest BCUT2D eigenvalue weighted by Gasteiger charge is 2.22. The van der Waals surface area contributed by atoms with Crippen LogP contribution in [0.4, 0.5) is 0 Å². The number of hydrogen-bond acceptors (Lipinski definition) is 7. The lowest BCUT2D eigenvalue weighted by Gasteiger charge is -2.23. The Morgan fingerprint density at radius 2 is 1.83 bits per heavy atom. The Bertz CT molecular complexity index is 793. The molecule has 30 heavy (non-hydrogen) atoms. The van der Waals surface area contributed by atoms with Gasteiger partial charge in [0.15, 0.2) is 23.1 Å². The summed E-state index contributed by atoms with van der Waals surface area (Å²) in [5, 5.41) is 26.8. The first kappa shape index (κ1) is 25.1. The fourth-order valence-corrected chi connectivity index (χ4v) is 2.79. The van der Waals surface area contributed by atoms with Gasteiger partial charge < -0.3 is 24.8 Å². The number of allylic oxidation sites excluding steroid dienone is 4. The largest absolute Gasteiger partial charge is 0.510 e. The summed E-state index contributed by atoms with van der Waals surface area (Å²) in [6.45, 7) is 1.93. The van der Waals surface area contributed by atoms with E-state index in [2.05, 4.69) is 0 Å². The van der Waals surface area contributed by atoms with Crippen molar-refractivity contribution in [3.05, 3.63) is 53.8 Å². The van der Waals surface area contributed by atoms with E-state index in [-0.39, 0.29) is 48.1 Å². The van der Waals surface area contributed by atoms with Gasteiger partial charge in [-0.15, -0.1) is 0 Å². The molecule has 2 unspecified atom stereocenters. The number of aliphatic hydroxyl groups is 2. The fourth-order valence-electron chi connectivity index (χ4n) is 2.79. The molecule has 0 spiro atoms. The van der Waals surface area contributed by atoms with E-state index in [1.807, 2.05) is 0 Å². The van der Waals surface area contributed by atoms with Crippen LogP contribution in [0, 0.1) is 5.92 Å². The van der Waals surface area contributed by atoms with Gasteiger partial charge in [-0.2, -0.15) is 0 Å². The molecule has 7 nitrogen and oxygen atoms in total. The normalized spacial score (nSPS) is 18.6. The first-order valence-corrected chi connectivity index (χ1v) is 9.66. The number of aliphatic hydroxyl groups excluding tert-OH is 2. The molecular weight excluding hydrogens is 388 g/mol. The fraction of sp³-hybridized carbons (Fsp3) is 0.391. The number of methoxy groups -OCH3 is 2. The maximum Gasteiger partial charge on any atom is 0.163 e. The van der Waals surface area contributed by atoms with Crippen LogP contribution in [-0.2, 0) is 14.3 Å². The molecule has 164 valence electrons. The molecule has 0 saturated carbocycles.